The van der Waals surface area contributed by atoms with Gasteiger partial charge in [0.1, 0.15) is 11.4 Å². The molecule has 3 aromatic carbocycles. The molecular formula is C28H33NO3. The van der Waals surface area contributed by atoms with Gasteiger partial charge in [-0.3, -0.25) is 4.90 Å². The Morgan fingerprint density at radius 1 is 0.938 bits per heavy atom. The van der Waals surface area contributed by atoms with Crippen LogP contribution in [0.25, 0.3) is 0 Å². The molecule has 1 N–H and O–H groups in total. The molecule has 0 aromatic heterocycles. The number of ether oxygens (including phenoxy) is 2. The molecule has 168 valence electrons. The van der Waals surface area contributed by atoms with Crippen molar-refractivity contribution in [2.24, 2.45) is 0 Å². The van der Waals surface area contributed by atoms with Gasteiger partial charge in [-0.15, -0.1) is 0 Å². The molecule has 1 saturated heterocycles. The van der Waals surface area contributed by atoms with E-state index in [1.54, 1.807) is 7.11 Å². The van der Waals surface area contributed by atoms with Crippen LogP contribution in [0.4, 0.5) is 0 Å². The average Bonchev–Trinajstić information content (AvgIpc) is 2.88. The van der Waals surface area contributed by atoms with Crippen molar-refractivity contribution in [2.75, 3.05) is 40.0 Å². The lowest BCUT2D eigenvalue weighted by Gasteiger charge is -2.41. The van der Waals surface area contributed by atoms with Gasteiger partial charge in [-0.1, -0.05) is 79.7 Å². The van der Waals surface area contributed by atoms with E-state index in [-0.39, 0.29) is 5.92 Å². The summed E-state index contributed by atoms with van der Waals surface area (Å²) in [5, 5.41) is 12.7. The number of para-hydroxylation sites is 1. The van der Waals surface area contributed by atoms with Crippen LogP contribution in [0.15, 0.2) is 78.9 Å². The number of hydrogen-bond acceptors (Lipinski definition) is 4. The van der Waals surface area contributed by atoms with Crippen LogP contribution in [-0.4, -0.2) is 50.0 Å². The second kappa shape index (κ2) is 10.3. The zero-order chi connectivity index (χ0) is 22.4. The van der Waals surface area contributed by atoms with Gasteiger partial charge in [0.25, 0.3) is 0 Å². The highest BCUT2D eigenvalue weighted by Gasteiger charge is 2.44. The zero-order valence-corrected chi connectivity index (χ0v) is 19.0. The Bertz CT molecular complexity index is 983. The van der Waals surface area contributed by atoms with Crippen LogP contribution in [0.1, 0.15) is 35.1 Å². The Morgan fingerprint density at radius 2 is 1.59 bits per heavy atom. The number of nitrogens with zero attached hydrogens (tertiary/aromatic N) is 1. The number of aliphatic hydroxyl groups is 1. The summed E-state index contributed by atoms with van der Waals surface area (Å²) in [6.45, 7) is 6.03. The van der Waals surface area contributed by atoms with Crippen LogP contribution >= 0.6 is 0 Å². The lowest BCUT2D eigenvalue weighted by Crippen LogP contribution is -2.45. The molecule has 0 spiro atoms. The zero-order valence-electron chi connectivity index (χ0n) is 19.0. The molecule has 1 heterocycles. The standard InChI is InChI=1S/C28H33NO3/c1-3-22-13-15-24(16-14-22)28(30,25-11-7-8-12-27(25)31-2)26(23-9-5-4-6-10-23)21-29-17-19-32-20-18-29/h4-16,26,30H,3,17-21H2,1-2H3/t26-,28-/m1/s1. The Morgan fingerprint density at radius 3 is 2.25 bits per heavy atom. The third-order valence-corrected chi connectivity index (χ3v) is 6.57. The first-order valence-electron chi connectivity index (χ1n) is 11.5. The number of benzene rings is 3. The number of methoxy groups -OCH3 is 1. The third-order valence-electron chi connectivity index (χ3n) is 6.57. The van der Waals surface area contributed by atoms with Gasteiger partial charge < -0.3 is 14.6 Å². The predicted octanol–water partition coefficient (Wildman–Crippen LogP) is 4.61. The molecular weight excluding hydrogens is 398 g/mol. The Hall–Kier alpha value is -2.66. The van der Waals surface area contributed by atoms with Gasteiger partial charge in [0.2, 0.25) is 0 Å². The molecule has 0 bridgehead atoms. The molecule has 1 fully saturated rings. The highest BCUT2D eigenvalue weighted by Crippen LogP contribution is 2.46. The van der Waals surface area contributed by atoms with E-state index in [1.165, 1.54) is 5.56 Å². The van der Waals surface area contributed by atoms with Gasteiger partial charge in [0.05, 0.1) is 20.3 Å². The minimum Gasteiger partial charge on any atom is -0.496 e. The van der Waals surface area contributed by atoms with Gasteiger partial charge in [-0.25, -0.2) is 0 Å². The second-order valence-corrected chi connectivity index (χ2v) is 8.39. The molecule has 0 amide bonds. The van der Waals surface area contributed by atoms with Crippen molar-refractivity contribution in [1.29, 1.82) is 0 Å². The maximum absolute atomic E-state index is 12.7. The molecule has 2 atom stereocenters. The summed E-state index contributed by atoms with van der Waals surface area (Å²) in [6.07, 6.45) is 0.962. The highest BCUT2D eigenvalue weighted by atomic mass is 16.5. The van der Waals surface area contributed by atoms with E-state index in [2.05, 4.69) is 48.2 Å². The fourth-order valence-corrected chi connectivity index (χ4v) is 4.70. The van der Waals surface area contributed by atoms with Crippen molar-refractivity contribution < 1.29 is 14.6 Å². The molecule has 4 rings (SSSR count). The number of hydrogen-bond donors (Lipinski definition) is 1. The van der Waals surface area contributed by atoms with E-state index < -0.39 is 5.60 Å². The first kappa shape index (κ1) is 22.5. The van der Waals surface area contributed by atoms with Crippen molar-refractivity contribution in [3.8, 4) is 5.75 Å². The highest BCUT2D eigenvalue weighted by molar-refractivity contribution is 5.49. The maximum Gasteiger partial charge on any atom is 0.126 e. The van der Waals surface area contributed by atoms with Crippen molar-refractivity contribution in [1.82, 2.24) is 4.90 Å². The Kier molecular flexibility index (Phi) is 7.26. The van der Waals surface area contributed by atoms with Gasteiger partial charge in [-0.05, 0) is 29.2 Å². The van der Waals surface area contributed by atoms with E-state index in [9.17, 15) is 5.11 Å². The molecule has 0 saturated carbocycles. The quantitative estimate of drug-likeness (QED) is 0.566. The average molecular weight is 432 g/mol. The first-order valence-corrected chi connectivity index (χ1v) is 11.5. The molecule has 4 heteroatoms. The molecule has 4 nitrogen and oxygen atoms in total. The monoisotopic (exact) mass is 431 g/mol. The number of rotatable bonds is 8. The van der Waals surface area contributed by atoms with Crippen LogP contribution in [0.5, 0.6) is 5.75 Å². The minimum absolute atomic E-state index is 0.189. The molecule has 32 heavy (non-hydrogen) atoms. The second-order valence-electron chi connectivity index (χ2n) is 8.39. The number of morpholine rings is 1. The summed E-state index contributed by atoms with van der Waals surface area (Å²) in [5.74, 6) is 0.503. The van der Waals surface area contributed by atoms with E-state index in [0.717, 1.165) is 56.0 Å². The molecule has 3 aromatic rings. The fraction of sp³-hybridized carbons (Fsp3) is 0.357. The molecule has 1 aliphatic rings. The molecule has 1 aliphatic heterocycles. The predicted molar refractivity (Wildman–Crippen MR) is 128 cm³/mol. The number of aryl methyl sites for hydroxylation is 1. The summed E-state index contributed by atoms with van der Waals surface area (Å²) >= 11 is 0. The van der Waals surface area contributed by atoms with E-state index in [0.29, 0.717) is 5.75 Å². The normalized spacial score (nSPS) is 17.5. The largest absolute Gasteiger partial charge is 0.496 e. The fourth-order valence-electron chi connectivity index (χ4n) is 4.70. The van der Waals surface area contributed by atoms with E-state index >= 15 is 0 Å². The van der Waals surface area contributed by atoms with Crippen LogP contribution in [0.2, 0.25) is 0 Å². The van der Waals surface area contributed by atoms with Crippen molar-refractivity contribution in [2.45, 2.75) is 24.9 Å². The topological polar surface area (TPSA) is 41.9 Å². The molecule has 0 aliphatic carbocycles. The summed E-state index contributed by atoms with van der Waals surface area (Å²) in [5.41, 5.74) is 2.75. The Balaban J connectivity index is 1.89. The summed E-state index contributed by atoms with van der Waals surface area (Å²) < 4.78 is 11.3. The van der Waals surface area contributed by atoms with Gasteiger partial charge in [0.15, 0.2) is 0 Å². The van der Waals surface area contributed by atoms with Crippen molar-refractivity contribution >= 4 is 0 Å². The van der Waals surface area contributed by atoms with E-state index in [1.807, 2.05) is 42.5 Å². The van der Waals surface area contributed by atoms with Crippen molar-refractivity contribution in [3.63, 3.8) is 0 Å². The van der Waals surface area contributed by atoms with Gasteiger partial charge in [0, 0.05) is 31.1 Å². The smallest absolute Gasteiger partial charge is 0.126 e. The third kappa shape index (κ3) is 4.58. The van der Waals surface area contributed by atoms with Crippen LogP contribution in [0, 0.1) is 0 Å². The summed E-state index contributed by atoms with van der Waals surface area (Å²) in [7, 11) is 1.67. The van der Waals surface area contributed by atoms with Gasteiger partial charge in [-0.2, -0.15) is 0 Å². The lowest BCUT2D eigenvalue weighted by molar-refractivity contribution is -0.000140. The van der Waals surface area contributed by atoms with E-state index in [4.69, 9.17) is 9.47 Å². The van der Waals surface area contributed by atoms with Gasteiger partial charge >= 0.3 is 0 Å². The maximum atomic E-state index is 12.7. The lowest BCUT2D eigenvalue weighted by atomic mass is 9.72. The first-order chi connectivity index (χ1) is 15.7. The van der Waals surface area contributed by atoms with Crippen LogP contribution in [0.3, 0.4) is 0 Å². The SMILES string of the molecule is CCc1ccc([C@@](O)(c2ccccc2OC)[C@H](CN2CCOCC2)c2ccccc2)cc1. The molecule has 0 radical (unpaired) electrons. The summed E-state index contributed by atoms with van der Waals surface area (Å²) in [6, 6.07) is 26.6. The van der Waals surface area contributed by atoms with Crippen molar-refractivity contribution in [3.05, 3.63) is 101 Å². The summed E-state index contributed by atoms with van der Waals surface area (Å²) in [4.78, 5) is 2.39. The minimum atomic E-state index is -1.27. The van der Waals surface area contributed by atoms with Crippen LogP contribution < -0.4 is 4.74 Å². The Labute approximate surface area is 191 Å². The molecule has 0 unspecified atom stereocenters. The van der Waals surface area contributed by atoms with Crippen LogP contribution in [-0.2, 0) is 16.8 Å².